The van der Waals surface area contributed by atoms with Crippen LogP contribution in [-0.2, 0) is 0 Å². The molecular weight excluding hydrogens is 268 g/mol. The fourth-order valence-corrected chi connectivity index (χ4v) is 2.50. The second-order valence-corrected chi connectivity index (χ2v) is 5.26. The lowest BCUT2D eigenvalue weighted by atomic mass is 10.1. The van der Waals surface area contributed by atoms with Crippen LogP contribution < -0.4 is 21.3 Å². The molecule has 1 aliphatic rings. The zero-order valence-corrected chi connectivity index (χ0v) is 12.7. The average molecular weight is 292 g/mol. The minimum Gasteiger partial charge on any atom is -0.364 e. The summed E-state index contributed by atoms with van der Waals surface area (Å²) in [7, 11) is 0. The van der Waals surface area contributed by atoms with Gasteiger partial charge in [-0.05, 0) is 32.7 Å². The third-order valence-electron chi connectivity index (χ3n) is 3.54. The van der Waals surface area contributed by atoms with Gasteiger partial charge in [0, 0.05) is 13.1 Å². The number of amides is 1. The molecule has 1 unspecified atom stereocenters. The first-order valence-corrected chi connectivity index (χ1v) is 7.53. The highest BCUT2D eigenvalue weighted by molar-refractivity contribution is 5.95. The van der Waals surface area contributed by atoms with Crippen LogP contribution in [0.4, 0.5) is 11.6 Å². The van der Waals surface area contributed by atoms with Crippen molar-refractivity contribution in [2.24, 2.45) is 5.73 Å². The number of rotatable bonds is 6. The Balaban J connectivity index is 2.22. The maximum absolute atomic E-state index is 11.5. The number of carbonyl (C=O) groups excluding carboxylic acids is 1. The van der Waals surface area contributed by atoms with Gasteiger partial charge in [-0.1, -0.05) is 6.92 Å². The van der Waals surface area contributed by atoms with E-state index >= 15 is 0 Å². The van der Waals surface area contributed by atoms with E-state index in [4.69, 9.17) is 5.73 Å². The highest BCUT2D eigenvalue weighted by atomic mass is 16.1. The number of nitrogens with two attached hydrogens (primary N) is 1. The van der Waals surface area contributed by atoms with Crippen molar-refractivity contribution >= 4 is 17.5 Å². The third kappa shape index (κ3) is 4.04. The summed E-state index contributed by atoms with van der Waals surface area (Å²) in [6.45, 7) is 6.76. The summed E-state index contributed by atoms with van der Waals surface area (Å²) < 4.78 is 0. The van der Waals surface area contributed by atoms with Crippen LogP contribution in [0.2, 0.25) is 0 Å². The largest absolute Gasteiger partial charge is 0.364 e. The Morgan fingerprint density at radius 2 is 2.14 bits per heavy atom. The first kappa shape index (κ1) is 15.5. The standard InChI is InChI=1S/C14H24N6O/c1-3-16-10(2)18-14-12(13(15)21)17-9-11(19-14)20-7-5-4-6-8-20/h9-10,16H,3-8H2,1-2H3,(H2,15,21)(H,18,19). The van der Waals surface area contributed by atoms with E-state index in [0.29, 0.717) is 5.82 Å². The number of anilines is 2. The maximum atomic E-state index is 11.5. The van der Waals surface area contributed by atoms with Gasteiger partial charge >= 0.3 is 0 Å². The summed E-state index contributed by atoms with van der Waals surface area (Å²) in [6.07, 6.45) is 5.20. The van der Waals surface area contributed by atoms with Gasteiger partial charge in [-0.2, -0.15) is 0 Å². The molecule has 0 spiro atoms. The number of hydrogen-bond donors (Lipinski definition) is 3. The Morgan fingerprint density at radius 3 is 2.76 bits per heavy atom. The number of hydrogen-bond acceptors (Lipinski definition) is 6. The van der Waals surface area contributed by atoms with E-state index in [9.17, 15) is 4.79 Å². The Hall–Kier alpha value is -1.89. The smallest absolute Gasteiger partial charge is 0.271 e. The molecule has 7 nitrogen and oxygen atoms in total. The molecule has 2 heterocycles. The number of nitrogens with zero attached hydrogens (tertiary/aromatic N) is 3. The van der Waals surface area contributed by atoms with Crippen LogP contribution in [0.3, 0.4) is 0 Å². The van der Waals surface area contributed by atoms with Crippen LogP contribution in [0.15, 0.2) is 6.20 Å². The molecule has 0 bridgehead atoms. The van der Waals surface area contributed by atoms with Gasteiger partial charge in [0.1, 0.15) is 5.82 Å². The van der Waals surface area contributed by atoms with Crippen LogP contribution in [0.1, 0.15) is 43.6 Å². The molecule has 4 N–H and O–H groups in total. The maximum Gasteiger partial charge on any atom is 0.271 e. The second kappa shape index (κ2) is 7.21. The van der Waals surface area contributed by atoms with Crippen molar-refractivity contribution in [2.75, 3.05) is 29.9 Å². The highest BCUT2D eigenvalue weighted by Crippen LogP contribution is 2.20. The third-order valence-corrected chi connectivity index (χ3v) is 3.54. The molecular formula is C14H24N6O. The van der Waals surface area contributed by atoms with E-state index in [1.54, 1.807) is 6.20 Å². The van der Waals surface area contributed by atoms with Gasteiger partial charge in [-0.15, -0.1) is 0 Å². The first-order chi connectivity index (χ1) is 10.1. The molecule has 1 atom stereocenters. The number of nitrogens with one attached hydrogen (secondary N) is 2. The van der Waals surface area contributed by atoms with Crippen molar-refractivity contribution in [3.8, 4) is 0 Å². The summed E-state index contributed by atoms with van der Waals surface area (Å²) >= 11 is 0. The SMILES string of the molecule is CCNC(C)Nc1nc(N2CCCCC2)cnc1C(N)=O. The Morgan fingerprint density at radius 1 is 1.43 bits per heavy atom. The van der Waals surface area contributed by atoms with Crippen LogP contribution in [0.5, 0.6) is 0 Å². The molecule has 21 heavy (non-hydrogen) atoms. The van der Waals surface area contributed by atoms with E-state index in [2.05, 4.69) is 25.5 Å². The van der Waals surface area contributed by atoms with Crippen molar-refractivity contribution < 1.29 is 4.79 Å². The van der Waals surface area contributed by atoms with E-state index < -0.39 is 5.91 Å². The molecule has 116 valence electrons. The van der Waals surface area contributed by atoms with Crippen molar-refractivity contribution in [3.63, 3.8) is 0 Å². The van der Waals surface area contributed by atoms with Gasteiger partial charge in [0.15, 0.2) is 11.5 Å². The van der Waals surface area contributed by atoms with Crippen LogP contribution in [-0.4, -0.2) is 41.7 Å². The van der Waals surface area contributed by atoms with Crippen LogP contribution in [0, 0.1) is 0 Å². The normalized spacial score (nSPS) is 16.6. The molecule has 7 heteroatoms. The van der Waals surface area contributed by atoms with Gasteiger partial charge in [0.2, 0.25) is 0 Å². The zero-order valence-electron chi connectivity index (χ0n) is 12.7. The molecule has 0 aromatic carbocycles. The number of primary amides is 1. The van der Waals surface area contributed by atoms with Gasteiger partial charge in [0.05, 0.1) is 12.4 Å². The minimum absolute atomic E-state index is 0.0148. The average Bonchev–Trinajstić information content (AvgIpc) is 2.48. The molecule has 0 aliphatic carbocycles. The predicted molar refractivity (Wildman–Crippen MR) is 83.4 cm³/mol. The molecule has 1 saturated heterocycles. The van der Waals surface area contributed by atoms with E-state index in [1.165, 1.54) is 6.42 Å². The van der Waals surface area contributed by atoms with Crippen LogP contribution in [0.25, 0.3) is 0 Å². The van der Waals surface area contributed by atoms with Crippen molar-refractivity contribution in [1.82, 2.24) is 15.3 Å². The summed E-state index contributed by atoms with van der Waals surface area (Å²) in [4.78, 5) is 22.4. The predicted octanol–water partition coefficient (Wildman–Crippen LogP) is 0.933. The minimum atomic E-state index is -0.570. The molecule has 1 fully saturated rings. The van der Waals surface area contributed by atoms with Gasteiger partial charge in [-0.25, -0.2) is 9.97 Å². The highest BCUT2D eigenvalue weighted by Gasteiger charge is 2.18. The number of piperidine rings is 1. The molecule has 2 rings (SSSR count). The molecule has 0 radical (unpaired) electrons. The monoisotopic (exact) mass is 292 g/mol. The summed E-state index contributed by atoms with van der Waals surface area (Å²) in [6, 6.07) is 0. The summed E-state index contributed by atoms with van der Waals surface area (Å²) in [5, 5.41) is 6.37. The first-order valence-electron chi connectivity index (χ1n) is 7.53. The van der Waals surface area contributed by atoms with Gasteiger partial charge in [-0.3, -0.25) is 10.1 Å². The molecule has 1 aliphatic heterocycles. The molecule has 1 aromatic heterocycles. The van der Waals surface area contributed by atoms with Crippen LogP contribution >= 0.6 is 0 Å². The number of carbonyl (C=O) groups is 1. The lowest BCUT2D eigenvalue weighted by molar-refractivity contribution is 0.0996. The summed E-state index contributed by atoms with van der Waals surface area (Å²) in [5.41, 5.74) is 5.56. The molecule has 0 saturated carbocycles. The topological polar surface area (TPSA) is 96.2 Å². The van der Waals surface area contributed by atoms with E-state index in [0.717, 1.165) is 38.3 Å². The Bertz CT molecular complexity index is 486. The summed E-state index contributed by atoms with van der Waals surface area (Å²) in [5.74, 6) is 0.670. The van der Waals surface area contributed by atoms with Crippen molar-refractivity contribution in [2.45, 2.75) is 39.3 Å². The van der Waals surface area contributed by atoms with Gasteiger partial charge < -0.3 is 16.0 Å². The van der Waals surface area contributed by atoms with Crippen molar-refractivity contribution in [3.05, 3.63) is 11.9 Å². The quantitative estimate of drug-likeness (QED) is 0.675. The van der Waals surface area contributed by atoms with E-state index in [1.807, 2.05) is 13.8 Å². The zero-order chi connectivity index (χ0) is 15.2. The fourth-order valence-electron chi connectivity index (χ4n) is 2.50. The molecule has 1 aromatic rings. The fraction of sp³-hybridized carbons (Fsp3) is 0.643. The lowest BCUT2D eigenvalue weighted by Gasteiger charge is -2.28. The number of aromatic nitrogens is 2. The second-order valence-electron chi connectivity index (χ2n) is 5.26. The molecule has 1 amide bonds. The van der Waals surface area contributed by atoms with E-state index in [-0.39, 0.29) is 11.9 Å². The Kier molecular flexibility index (Phi) is 5.32. The Labute approximate surface area is 125 Å². The lowest BCUT2D eigenvalue weighted by Crippen LogP contribution is -2.35. The van der Waals surface area contributed by atoms with Gasteiger partial charge in [0.25, 0.3) is 5.91 Å². The van der Waals surface area contributed by atoms with Crippen molar-refractivity contribution in [1.29, 1.82) is 0 Å².